The van der Waals surface area contributed by atoms with Gasteiger partial charge in [0.25, 0.3) is 0 Å². The van der Waals surface area contributed by atoms with Crippen LogP contribution in [0, 0.1) is 0 Å². The van der Waals surface area contributed by atoms with Gasteiger partial charge in [0.2, 0.25) is 0 Å². The molecule has 2 aromatic heterocycles. The van der Waals surface area contributed by atoms with Gasteiger partial charge in [-0.05, 0) is 24.1 Å². The first-order valence-electron chi connectivity index (χ1n) is 8.40. The number of fused-ring (bicyclic) bond motifs is 3. The van der Waals surface area contributed by atoms with E-state index in [0.717, 1.165) is 39.5 Å². The molecule has 126 valence electrons. The van der Waals surface area contributed by atoms with Crippen molar-refractivity contribution < 1.29 is 5.11 Å². The third-order valence-corrected chi connectivity index (χ3v) is 4.92. The summed E-state index contributed by atoms with van der Waals surface area (Å²) in [5.74, 6) is 0.200. The molecule has 1 unspecified atom stereocenters. The lowest BCUT2D eigenvalue weighted by Gasteiger charge is -2.29. The minimum Gasteiger partial charge on any atom is -0.508 e. The van der Waals surface area contributed by atoms with Gasteiger partial charge in [0.15, 0.2) is 0 Å². The molecule has 0 saturated carbocycles. The molecular weight excluding hydrogens is 312 g/mol. The highest BCUT2D eigenvalue weighted by molar-refractivity contribution is 6.05. The fourth-order valence-electron chi connectivity index (χ4n) is 3.38. The zero-order chi connectivity index (χ0) is 17.4. The number of aromatic amines is 1. The Kier molecular flexibility index (Phi) is 3.66. The molecule has 4 rings (SSSR count). The Morgan fingerprint density at radius 3 is 2.68 bits per heavy atom. The van der Waals surface area contributed by atoms with E-state index in [1.807, 2.05) is 24.3 Å². The molecule has 0 saturated heterocycles. The van der Waals surface area contributed by atoms with Crippen LogP contribution in [0.5, 0.6) is 5.75 Å². The van der Waals surface area contributed by atoms with Crippen molar-refractivity contribution in [3.63, 3.8) is 0 Å². The molecule has 2 heterocycles. The van der Waals surface area contributed by atoms with E-state index in [9.17, 15) is 5.11 Å². The molecule has 0 fully saturated rings. The van der Waals surface area contributed by atoms with Crippen molar-refractivity contribution in [3.05, 3.63) is 66.0 Å². The molecule has 4 aromatic rings. The highest BCUT2D eigenvalue weighted by Gasteiger charge is 2.27. The van der Waals surface area contributed by atoms with Gasteiger partial charge in [0, 0.05) is 28.8 Å². The highest BCUT2D eigenvalue weighted by atomic mass is 16.3. The maximum atomic E-state index is 9.81. The molecule has 0 aliphatic heterocycles. The summed E-state index contributed by atoms with van der Waals surface area (Å²) in [5, 5.41) is 19.0. The summed E-state index contributed by atoms with van der Waals surface area (Å²) in [6, 6.07) is 15.3. The lowest BCUT2D eigenvalue weighted by Crippen LogP contribution is -2.38. The number of phenols is 1. The second-order valence-corrected chi connectivity index (χ2v) is 6.47. The highest BCUT2D eigenvalue weighted by Crippen LogP contribution is 2.32. The van der Waals surface area contributed by atoms with Crippen LogP contribution in [0.4, 0.5) is 0 Å². The van der Waals surface area contributed by atoms with Gasteiger partial charge in [-0.15, -0.1) is 0 Å². The Balaban J connectivity index is 1.89. The molecule has 5 heteroatoms. The Labute approximate surface area is 145 Å². The molecular formula is C20H20N4O. The predicted octanol–water partition coefficient (Wildman–Crippen LogP) is 3.62. The maximum absolute atomic E-state index is 9.81. The summed E-state index contributed by atoms with van der Waals surface area (Å²) < 4.78 is 0. The summed E-state index contributed by atoms with van der Waals surface area (Å²) in [4.78, 5) is 4.78. The standard InChI is InChI=1S/C20H20N4O/c1-2-20(21,13-6-4-3-5-7-13)11-18-19-16(12-22-24-19)15-9-8-14(25)10-17(15)23-18/h3-10,12,25H,2,11,21H2,1H3,(H,22,24). The molecule has 5 nitrogen and oxygen atoms in total. The second kappa shape index (κ2) is 5.86. The van der Waals surface area contributed by atoms with Gasteiger partial charge >= 0.3 is 0 Å². The van der Waals surface area contributed by atoms with Crippen LogP contribution >= 0.6 is 0 Å². The van der Waals surface area contributed by atoms with Crippen molar-refractivity contribution in [1.29, 1.82) is 0 Å². The van der Waals surface area contributed by atoms with Crippen molar-refractivity contribution in [2.24, 2.45) is 5.73 Å². The number of rotatable bonds is 4. The monoisotopic (exact) mass is 332 g/mol. The third kappa shape index (κ3) is 2.62. The van der Waals surface area contributed by atoms with E-state index >= 15 is 0 Å². The number of nitrogens with zero attached hydrogens (tertiary/aromatic N) is 2. The smallest absolute Gasteiger partial charge is 0.117 e. The average Bonchev–Trinajstić information content (AvgIpc) is 3.12. The fourth-order valence-corrected chi connectivity index (χ4v) is 3.38. The van der Waals surface area contributed by atoms with E-state index in [2.05, 4.69) is 29.3 Å². The molecule has 25 heavy (non-hydrogen) atoms. The van der Waals surface area contributed by atoms with E-state index in [0.29, 0.717) is 6.42 Å². The van der Waals surface area contributed by atoms with Crippen molar-refractivity contribution in [2.45, 2.75) is 25.3 Å². The first kappa shape index (κ1) is 15.6. The SMILES string of the molecule is CCC(N)(Cc1nc2cc(O)ccc2c2cn[nH]c12)c1ccccc1. The first-order valence-corrected chi connectivity index (χ1v) is 8.40. The lowest BCUT2D eigenvalue weighted by atomic mass is 9.83. The molecule has 0 aliphatic carbocycles. The number of hydrogen-bond donors (Lipinski definition) is 3. The zero-order valence-corrected chi connectivity index (χ0v) is 14.0. The molecule has 0 amide bonds. The molecule has 0 aliphatic rings. The largest absolute Gasteiger partial charge is 0.508 e. The zero-order valence-electron chi connectivity index (χ0n) is 14.0. The number of phenolic OH excluding ortho intramolecular Hbond substituents is 1. The molecule has 2 aromatic carbocycles. The van der Waals surface area contributed by atoms with E-state index in [4.69, 9.17) is 10.7 Å². The molecule has 0 spiro atoms. The normalized spacial score (nSPS) is 14.0. The van der Waals surface area contributed by atoms with Crippen LogP contribution in [0.15, 0.2) is 54.7 Å². The van der Waals surface area contributed by atoms with Crippen LogP contribution in [0.25, 0.3) is 21.8 Å². The number of aromatic hydroxyl groups is 1. The molecule has 0 radical (unpaired) electrons. The summed E-state index contributed by atoms with van der Waals surface area (Å²) in [6.45, 7) is 2.09. The van der Waals surface area contributed by atoms with Gasteiger partial charge in [-0.2, -0.15) is 5.10 Å². The maximum Gasteiger partial charge on any atom is 0.117 e. The number of nitrogens with one attached hydrogen (secondary N) is 1. The Morgan fingerprint density at radius 1 is 1.12 bits per heavy atom. The third-order valence-electron chi connectivity index (χ3n) is 4.92. The van der Waals surface area contributed by atoms with Crippen molar-refractivity contribution >= 4 is 21.8 Å². The van der Waals surface area contributed by atoms with E-state index in [1.54, 1.807) is 18.3 Å². The summed E-state index contributed by atoms with van der Waals surface area (Å²) in [7, 11) is 0. The number of hydrogen-bond acceptors (Lipinski definition) is 4. The Bertz CT molecular complexity index is 1040. The van der Waals surface area contributed by atoms with Gasteiger partial charge in [0.1, 0.15) is 5.75 Å². The van der Waals surface area contributed by atoms with Crippen LogP contribution in [0.3, 0.4) is 0 Å². The fraction of sp³-hybridized carbons (Fsp3) is 0.200. The molecule has 1 atom stereocenters. The second-order valence-electron chi connectivity index (χ2n) is 6.47. The van der Waals surface area contributed by atoms with E-state index in [-0.39, 0.29) is 5.75 Å². The Hall–Kier alpha value is -2.92. The van der Waals surface area contributed by atoms with Crippen LogP contribution in [0.2, 0.25) is 0 Å². The molecule has 0 bridgehead atoms. The van der Waals surface area contributed by atoms with Crippen LogP contribution in [-0.4, -0.2) is 20.3 Å². The van der Waals surface area contributed by atoms with Crippen molar-refractivity contribution in [3.8, 4) is 5.75 Å². The number of pyridine rings is 1. The van der Waals surface area contributed by atoms with E-state index < -0.39 is 5.54 Å². The van der Waals surface area contributed by atoms with Gasteiger partial charge in [-0.25, -0.2) is 0 Å². The molecule has 4 N–H and O–H groups in total. The lowest BCUT2D eigenvalue weighted by molar-refractivity contribution is 0.422. The number of H-pyrrole nitrogens is 1. The van der Waals surface area contributed by atoms with Gasteiger partial charge < -0.3 is 10.8 Å². The Morgan fingerprint density at radius 2 is 1.92 bits per heavy atom. The van der Waals surface area contributed by atoms with Gasteiger partial charge in [-0.1, -0.05) is 37.3 Å². The quantitative estimate of drug-likeness (QED) is 0.532. The van der Waals surface area contributed by atoms with Crippen molar-refractivity contribution in [1.82, 2.24) is 15.2 Å². The van der Waals surface area contributed by atoms with Crippen molar-refractivity contribution in [2.75, 3.05) is 0 Å². The average molecular weight is 332 g/mol. The van der Waals surface area contributed by atoms with Crippen LogP contribution < -0.4 is 5.73 Å². The summed E-state index contributed by atoms with van der Waals surface area (Å²) in [6.07, 6.45) is 3.16. The minimum atomic E-state index is -0.517. The number of nitrogens with two attached hydrogens (primary N) is 1. The van der Waals surface area contributed by atoms with Crippen LogP contribution in [-0.2, 0) is 12.0 Å². The summed E-state index contributed by atoms with van der Waals surface area (Å²) in [5.41, 5.74) is 9.84. The van der Waals surface area contributed by atoms with Gasteiger partial charge in [-0.3, -0.25) is 10.1 Å². The summed E-state index contributed by atoms with van der Waals surface area (Å²) >= 11 is 0. The van der Waals surface area contributed by atoms with Crippen LogP contribution in [0.1, 0.15) is 24.6 Å². The van der Waals surface area contributed by atoms with E-state index in [1.165, 1.54) is 0 Å². The topological polar surface area (TPSA) is 87.8 Å². The minimum absolute atomic E-state index is 0.200. The first-order chi connectivity index (χ1) is 12.1. The number of benzene rings is 2. The predicted molar refractivity (Wildman–Crippen MR) is 99.4 cm³/mol. The van der Waals surface area contributed by atoms with Gasteiger partial charge in [0.05, 0.1) is 22.9 Å². The number of aromatic nitrogens is 3.